The molecule has 2 atom stereocenters. The van der Waals surface area contributed by atoms with Gasteiger partial charge in [0.25, 0.3) is 5.91 Å². The number of aryl methyl sites for hydroxylation is 1. The molecule has 3 N–H and O–H groups in total. The van der Waals surface area contributed by atoms with Crippen LogP contribution in [-0.4, -0.2) is 24.4 Å². The van der Waals surface area contributed by atoms with E-state index in [1.165, 1.54) is 6.26 Å². The van der Waals surface area contributed by atoms with Crippen LogP contribution in [0.2, 0.25) is 0 Å². The molecule has 0 spiro atoms. The lowest BCUT2D eigenvalue weighted by Gasteiger charge is -2.27. The Hall–Kier alpha value is -2.31. The highest BCUT2D eigenvalue weighted by Crippen LogP contribution is 2.23. The Morgan fingerprint density at radius 3 is 2.69 bits per heavy atom. The summed E-state index contributed by atoms with van der Waals surface area (Å²) in [6.45, 7) is 4.86. The zero-order chi connectivity index (χ0) is 17.8. The van der Waals surface area contributed by atoms with Gasteiger partial charge in [0.05, 0.1) is 6.26 Å². The van der Waals surface area contributed by atoms with Crippen LogP contribution in [0.4, 0.5) is 11.4 Å². The van der Waals surface area contributed by atoms with Crippen LogP contribution in [-0.2, 0) is 4.79 Å². The van der Waals surface area contributed by atoms with Crippen molar-refractivity contribution in [1.82, 2.24) is 5.32 Å². The molecule has 0 aliphatic carbocycles. The summed E-state index contributed by atoms with van der Waals surface area (Å²) >= 11 is 0. The summed E-state index contributed by atoms with van der Waals surface area (Å²) in [5, 5.41) is 9.14. The van der Waals surface area contributed by atoms with E-state index in [4.69, 9.17) is 4.42 Å². The van der Waals surface area contributed by atoms with Crippen molar-refractivity contribution in [3.63, 3.8) is 0 Å². The molecule has 6 nitrogen and oxygen atoms in total. The van der Waals surface area contributed by atoms with E-state index in [-0.39, 0.29) is 35.9 Å². The number of furan rings is 1. The Balaban J connectivity index is 0.00000243. The van der Waals surface area contributed by atoms with Crippen molar-refractivity contribution in [1.29, 1.82) is 0 Å². The number of carbonyl (C=O) groups is 2. The summed E-state index contributed by atoms with van der Waals surface area (Å²) in [4.78, 5) is 24.5. The predicted molar refractivity (Wildman–Crippen MR) is 104 cm³/mol. The van der Waals surface area contributed by atoms with Crippen molar-refractivity contribution in [3.8, 4) is 0 Å². The van der Waals surface area contributed by atoms with Gasteiger partial charge in [-0.2, -0.15) is 0 Å². The van der Waals surface area contributed by atoms with E-state index in [1.54, 1.807) is 24.3 Å². The lowest BCUT2D eigenvalue weighted by atomic mass is 9.92. The maximum absolute atomic E-state index is 12.4. The van der Waals surface area contributed by atoms with Crippen molar-refractivity contribution >= 4 is 35.6 Å². The summed E-state index contributed by atoms with van der Waals surface area (Å²) < 4.78 is 5.09. The molecule has 1 saturated heterocycles. The number of amides is 2. The maximum Gasteiger partial charge on any atom is 0.291 e. The molecule has 0 radical (unpaired) electrons. The Bertz CT molecular complexity index is 761. The number of carbonyl (C=O) groups excluding carboxylic acids is 2. The largest absolute Gasteiger partial charge is 0.459 e. The average molecular weight is 378 g/mol. The second-order valence-electron chi connectivity index (χ2n) is 6.53. The van der Waals surface area contributed by atoms with Crippen LogP contribution in [0.25, 0.3) is 0 Å². The molecule has 2 aromatic rings. The minimum absolute atomic E-state index is 0. The highest BCUT2D eigenvalue weighted by molar-refractivity contribution is 6.03. The van der Waals surface area contributed by atoms with Crippen LogP contribution in [0.3, 0.4) is 0 Å². The van der Waals surface area contributed by atoms with Gasteiger partial charge >= 0.3 is 0 Å². The van der Waals surface area contributed by atoms with Crippen molar-refractivity contribution in [2.75, 3.05) is 17.2 Å². The highest BCUT2D eigenvalue weighted by atomic mass is 35.5. The van der Waals surface area contributed by atoms with Crippen LogP contribution in [0.1, 0.15) is 35.9 Å². The van der Waals surface area contributed by atoms with Crippen LogP contribution in [0, 0.1) is 12.8 Å². The van der Waals surface area contributed by atoms with Gasteiger partial charge in [-0.25, -0.2) is 0 Å². The molecule has 3 rings (SSSR count). The first-order valence-electron chi connectivity index (χ1n) is 8.52. The zero-order valence-electron chi connectivity index (χ0n) is 14.9. The summed E-state index contributed by atoms with van der Waals surface area (Å²) in [6.07, 6.45) is 3.16. The van der Waals surface area contributed by atoms with Crippen molar-refractivity contribution in [3.05, 3.63) is 47.9 Å². The number of piperidine rings is 1. The standard InChI is InChI=1S/C19H23N3O3.ClH/c1-12-10-15(21-18(23)14-7-8-20-13(2)11-14)5-6-16(12)22-19(24)17-4-3-9-25-17;/h3-6,9-10,13-14,20H,7-8,11H2,1-2H3,(H,21,23)(H,22,24);1H/t13-,14-;/m0./s1. The van der Waals surface area contributed by atoms with Crippen molar-refractivity contribution in [2.24, 2.45) is 5.92 Å². The number of nitrogens with one attached hydrogen (secondary N) is 3. The van der Waals surface area contributed by atoms with Crippen molar-refractivity contribution < 1.29 is 14.0 Å². The quantitative estimate of drug-likeness (QED) is 0.760. The third-order valence-electron chi connectivity index (χ3n) is 4.48. The smallest absolute Gasteiger partial charge is 0.291 e. The van der Waals surface area contributed by atoms with E-state index in [1.807, 2.05) is 13.0 Å². The minimum Gasteiger partial charge on any atom is -0.459 e. The number of benzene rings is 1. The molecule has 26 heavy (non-hydrogen) atoms. The summed E-state index contributed by atoms with van der Waals surface area (Å²) in [5.41, 5.74) is 2.30. The average Bonchev–Trinajstić information content (AvgIpc) is 3.12. The first-order chi connectivity index (χ1) is 12.0. The van der Waals surface area contributed by atoms with Gasteiger partial charge in [0.2, 0.25) is 5.91 Å². The van der Waals surface area contributed by atoms with Crippen LogP contribution in [0.15, 0.2) is 41.0 Å². The molecule has 0 unspecified atom stereocenters. The van der Waals surface area contributed by atoms with E-state index >= 15 is 0 Å². The summed E-state index contributed by atoms with van der Waals surface area (Å²) in [6, 6.07) is 9.09. The Morgan fingerprint density at radius 1 is 1.23 bits per heavy atom. The first-order valence-corrected chi connectivity index (χ1v) is 8.52. The molecule has 140 valence electrons. The molecular formula is C19H24ClN3O3. The Kier molecular flexibility index (Phi) is 6.83. The van der Waals surface area contributed by atoms with Gasteiger partial charge < -0.3 is 20.4 Å². The van der Waals surface area contributed by atoms with Gasteiger partial charge in [0.1, 0.15) is 0 Å². The molecular weight excluding hydrogens is 354 g/mol. The Morgan fingerprint density at radius 2 is 2.04 bits per heavy atom. The van der Waals surface area contributed by atoms with E-state index in [9.17, 15) is 9.59 Å². The SMILES string of the molecule is Cc1cc(NC(=O)[C@H]2CCN[C@@H](C)C2)ccc1NC(=O)c1ccco1.Cl. The molecule has 1 fully saturated rings. The fraction of sp³-hybridized carbons (Fsp3) is 0.368. The predicted octanol–water partition coefficient (Wildman–Crippen LogP) is 3.59. The molecule has 2 amide bonds. The second-order valence-corrected chi connectivity index (χ2v) is 6.53. The molecule has 0 bridgehead atoms. The van der Waals surface area contributed by atoms with E-state index in [2.05, 4.69) is 22.9 Å². The number of rotatable bonds is 4. The van der Waals surface area contributed by atoms with Crippen molar-refractivity contribution in [2.45, 2.75) is 32.7 Å². The number of hydrogen-bond acceptors (Lipinski definition) is 4. The fourth-order valence-electron chi connectivity index (χ4n) is 3.09. The van der Waals surface area contributed by atoms with Crippen LogP contribution >= 0.6 is 12.4 Å². The first kappa shape index (κ1) is 20.0. The van der Waals surface area contributed by atoms with E-state index in [0.29, 0.717) is 11.7 Å². The molecule has 1 aliphatic rings. The van der Waals surface area contributed by atoms with Crippen LogP contribution in [0.5, 0.6) is 0 Å². The van der Waals surface area contributed by atoms with Gasteiger partial charge in [-0.1, -0.05) is 0 Å². The fourth-order valence-corrected chi connectivity index (χ4v) is 3.09. The number of halogens is 1. The van der Waals surface area contributed by atoms with E-state index < -0.39 is 0 Å². The number of anilines is 2. The molecule has 1 aliphatic heterocycles. The van der Waals surface area contributed by atoms with Crippen LogP contribution < -0.4 is 16.0 Å². The summed E-state index contributed by atoms with van der Waals surface area (Å²) in [7, 11) is 0. The lowest BCUT2D eigenvalue weighted by Crippen LogP contribution is -2.40. The second kappa shape index (κ2) is 8.87. The minimum atomic E-state index is -0.298. The monoisotopic (exact) mass is 377 g/mol. The molecule has 2 heterocycles. The lowest BCUT2D eigenvalue weighted by molar-refractivity contribution is -0.120. The van der Waals surface area contributed by atoms with E-state index in [0.717, 1.165) is 30.6 Å². The topological polar surface area (TPSA) is 83.4 Å². The molecule has 1 aromatic heterocycles. The van der Waals surface area contributed by atoms with Gasteiger partial charge in [-0.3, -0.25) is 9.59 Å². The summed E-state index contributed by atoms with van der Waals surface area (Å²) in [5.74, 6) is 0.0559. The van der Waals surface area contributed by atoms with Gasteiger partial charge in [0, 0.05) is 23.3 Å². The molecule has 0 saturated carbocycles. The normalized spacial score (nSPS) is 19.3. The molecule has 7 heteroatoms. The molecule has 1 aromatic carbocycles. The van der Waals surface area contributed by atoms with Gasteiger partial charge in [0.15, 0.2) is 5.76 Å². The highest BCUT2D eigenvalue weighted by Gasteiger charge is 2.24. The zero-order valence-corrected chi connectivity index (χ0v) is 15.7. The van der Waals surface area contributed by atoms with Gasteiger partial charge in [-0.05, 0) is 69.1 Å². The third kappa shape index (κ3) is 4.86. The maximum atomic E-state index is 12.4. The Labute approximate surface area is 159 Å². The van der Waals surface area contributed by atoms with Gasteiger partial charge in [-0.15, -0.1) is 12.4 Å². The third-order valence-corrected chi connectivity index (χ3v) is 4.48. The number of hydrogen-bond donors (Lipinski definition) is 3.